The Balaban J connectivity index is 0.00000101. The number of carboxylic acid groups (broad SMARTS) is 1. The molecule has 0 unspecified atom stereocenters. The van der Waals surface area contributed by atoms with Crippen LogP contribution in [0.5, 0.6) is 0 Å². The van der Waals surface area contributed by atoms with Crippen LogP contribution >= 0.6 is 0 Å². The summed E-state index contributed by atoms with van der Waals surface area (Å²) in [5, 5.41) is 11.1. The third-order valence-electron chi connectivity index (χ3n) is 5.05. The van der Waals surface area contributed by atoms with E-state index in [1.807, 2.05) is 7.05 Å². The maximum atomic E-state index is 12.0. The monoisotopic (exact) mass is 426 g/mol. The lowest BCUT2D eigenvalue weighted by Crippen LogP contribution is -2.42. The number of hydrogen-bond acceptors (Lipinski definition) is 9. The van der Waals surface area contributed by atoms with Crippen molar-refractivity contribution in [1.82, 2.24) is 19.6 Å². The lowest BCUT2D eigenvalue weighted by Gasteiger charge is -2.25. The van der Waals surface area contributed by atoms with Crippen LogP contribution in [0, 0.1) is 0 Å². The van der Waals surface area contributed by atoms with Crippen LogP contribution in [0.4, 0.5) is 0 Å². The summed E-state index contributed by atoms with van der Waals surface area (Å²) in [4.78, 5) is 48.0. The van der Waals surface area contributed by atoms with Crippen molar-refractivity contribution in [3.05, 3.63) is 17.5 Å². The summed E-state index contributed by atoms with van der Waals surface area (Å²) in [5.74, 6) is -1.10. The summed E-state index contributed by atoms with van der Waals surface area (Å²) in [6, 6.07) is 1.38. The van der Waals surface area contributed by atoms with E-state index in [1.54, 1.807) is 4.90 Å². The van der Waals surface area contributed by atoms with Gasteiger partial charge in [-0.05, 0) is 0 Å². The number of likely N-dealkylation sites (N-methyl/N-ethyl adjacent to an activating group) is 1. The van der Waals surface area contributed by atoms with E-state index < -0.39 is 11.9 Å². The molecule has 30 heavy (non-hydrogen) atoms. The molecular weight excluding hydrogens is 400 g/mol. The highest BCUT2D eigenvalue weighted by Gasteiger charge is 2.39. The predicted molar refractivity (Wildman–Crippen MR) is 101 cm³/mol. The van der Waals surface area contributed by atoms with Crippen LogP contribution in [-0.4, -0.2) is 109 Å². The Labute approximate surface area is 173 Å². The second-order valence-electron chi connectivity index (χ2n) is 6.72. The van der Waals surface area contributed by atoms with E-state index >= 15 is 0 Å². The highest BCUT2D eigenvalue weighted by molar-refractivity contribution is 5.93. The Morgan fingerprint density at radius 3 is 2.57 bits per heavy atom. The topological polar surface area (TPSA) is 140 Å². The van der Waals surface area contributed by atoms with Gasteiger partial charge in [0.1, 0.15) is 5.69 Å². The average Bonchev–Trinajstić information content (AvgIpc) is 3.32. The van der Waals surface area contributed by atoms with Crippen LogP contribution in [0.25, 0.3) is 0 Å². The summed E-state index contributed by atoms with van der Waals surface area (Å²) in [7, 11) is 4.34. The van der Waals surface area contributed by atoms with Crippen molar-refractivity contribution in [1.29, 1.82) is 0 Å². The smallest absolute Gasteiger partial charge is 0.358 e. The Morgan fingerprint density at radius 2 is 1.93 bits per heavy atom. The average molecular weight is 426 g/mol. The Bertz CT molecular complexity index is 780. The fourth-order valence-corrected chi connectivity index (χ4v) is 3.51. The van der Waals surface area contributed by atoms with Gasteiger partial charge in [0, 0.05) is 32.7 Å². The van der Waals surface area contributed by atoms with E-state index in [4.69, 9.17) is 19.4 Å². The van der Waals surface area contributed by atoms with E-state index in [0.29, 0.717) is 39.2 Å². The van der Waals surface area contributed by atoms with Crippen molar-refractivity contribution in [2.75, 3.05) is 47.5 Å². The van der Waals surface area contributed by atoms with Crippen molar-refractivity contribution in [3.63, 3.8) is 0 Å². The molecule has 166 valence electrons. The first kappa shape index (κ1) is 23.3. The molecule has 0 bridgehead atoms. The zero-order valence-corrected chi connectivity index (χ0v) is 17.1. The highest BCUT2D eigenvalue weighted by Crippen LogP contribution is 2.22. The number of amides is 1. The molecule has 2 aliphatic rings. The molecule has 0 radical (unpaired) electrons. The molecule has 2 aliphatic heterocycles. The van der Waals surface area contributed by atoms with Crippen molar-refractivity contribution in [2.24, 2.45) is 0 Å². The third-order valence-corrected chi connectivity index (χ3v) is 5.05. The van der Waals surface area contributed by atoms with Crippen molar-refractivity contribution < 1.29 is 38.5 Å². The molecule has 1 aromatic rings. The molecule has 0 spiro atoms. The molecule has 0 saturated carbocycles. The molecule has 12 nitrogen and oxygen atoms in total. The molecule has 1 N–H and O–H groups in total. The predicted octanol–water partition coefficient (Wildman–Crippen LogP) is -0.911. The van der Waals surface area contributed by atoms with Gasteiger partial charge in [-0.1, -0.05) is 0 Å². The molecule has 1 amide bonds. The summed E-state index contributed by atoms with van der Waals surface area (Å²) in [6.07, 6.45) is 0.389. The fourth-order valence-electron chi connectivity index (χ4n) is 3.51. The number of carbonyl (C=O) groups excluding carboxylic acids is 3. The molecule has 3 heterocycles. The molecule has 0 aliphatic carbocycles. The SMILES string of the molecule is COC(=O)c1cc(C(=O)OC)n(CCN2C[C@@H]3OCCC(=O)N(C)[C@H]3C2)n1.O=CO. The number of aromatic nitrogens is 2. The van der Waals surface area contributed by atoms with Gasteiger partial charge in [-0.2, -0.15) is 5.10 Å². The number of ether oxygens (including phenoxy) is 3. The number of esters is 2. The van der Waals surface area contributed by atoms with Crippen LogP contribution in [0.2, 0.25) is 0 Å². The van der Waals surface area contributed by atoms with Gasteiger partial charge in [0.15, 0.2) is 5.69 Å². The summed E-state index contributed by atoms with van der Waals surface area (Å²) in [6.45, 7) is 2.54. The number of fused-ring (bicyclic) bond motifs is 1. The minimum atomic E-state index is -0.615. The first-order chi connectivity index (χ1) is 14.4. The van der Waals surface area contributed by atoms with E-state index in [2.05, 4.69) is 14.7 Å². The first-order valence-electron chi connectivity index (χ1n) is 9.28. The van der Waals surface area contributed by atoms with Gasteiger partial charge in [-0.15, -0.1) is 0 Å². The maximum Gasteiger partial charge on any atom is 0.358 e. The van der Waals surface area contributed by atoms with Crippen LogP contribution in [0.3, 0.4) is 0 Å². The third kappa shape index (κ3) is 5.33. The minimum absolute atomic E-state index is 0.0170. The Kier molecular flexibility index (Phi) is 8.30. The van der Waals surface area contributed by atoms with Crippen molar-refractivity contribution in [3.8, 4) is 0 Å². The largest absolute Gasteiger partial charge is 0.483 e. The number of methoxy groups -OCH3 is 2. The maximum absolute atomic E-state index is 12.0. The molecule has 2 atom stereocenters. The van der Waals surface area contributed by atoms with Crippen LogP contribution in [0.1, 0.15) is 27.4 Å². The van der Waals surface area contributed by atoms with Crippen LogP contribution in [0.15, 0.2) is 6.07 Å². The molecule has 2 saturated heterocycles. The minimum Gasteiger partial charge on any atom is -0.483 e. The number of likely N-dealkylation sites (tertiary alicyclic amines) is 1. The molecule has 3 rings (SSSR count). The normalized spacial score (nSPS) is 21.2. The van der Waals surface area contributed by atoms with Crippen molar-refractivity contribution in [2.45, 2.75) is 25.1 Å². The van der Waals surface area contributed by atoms with Crippen LogP contribution < -0.4 is 0 Å². The number of hydrogen-bond donors (Lipinski definition) is 1. The lowest BCUT2D eigenvalue weighted by molar-refractivity contribution is -0.131. The van der Waals surface area contributed by atoms with Gasteiger partial charge in [-0.25, -0.2) is 9.59 Å². The van der Waals surface area contributed by atoms with Crippen molar-refractivity contribution >= 4 is 24.3 Å². The summed E-state index contributed by atoms with van der Waals surface area (Å²) >= 11 is 0. The van der Waals surface area contributed by atoms with Gasteiger partial charge < -0.3 is 24.2 Å². The van der Waals surface area contributed by atoms with Gasteiger partial charge in [0.2, 0.25) is 5.91 Å². The molecule has 0 aromatic carbocycles. The second kappa shape index (κ2) is 10.7. The van der Waals surface area contributed by atoms with Gasteiger partial charge in [-0.3, -0.25) is 19.2 Å². The standard InChI is InChI=1S/C17H24N4O6.CH2O2/c1-19-13-9-20(10-14(13)27-7-4-15(19)22)5-6-21-12(17(24)26-3)8-11(18-21)16(23)25-2;2-1-3/h8,13-14H,4-7,9-10H2,1-3H3;1H,(H,2,3)/t13-,14-;/m0./s1. The first-order valence-corrected chi connectivity index (χ1v) is 9.28. The Hall–Kier alpha value is -2.99. The van der Waals surface area contributed by atoms with Gasteiger partial charge >= 0.3 is 11.9 Å². The number of carbonyl (C=O) groups is 4. The highest BCUT2D eigenvalue weighted by atomic mass is 16.5. The zero-order chi connectivity index (χ0) is 22.3. The van der Waals surface area contributed by atoms with Gasteiger partial charge in [0.05, 0.1) is 45.9 Å². The molecule has 2 fully saturated rings. The molecule has 1 aromatic heterocycles. The van der Waals surface area contributed by atoms with Crippen LogP contribution in [-0.2, 0) is 30.3 Å². The number of rotatable bonds is 5. The molecular formula is C18H26N4O8. The summed E-state index contributed by atoms with van der Waals surface area (Å²) in [5.41, 5.74) is 0.244. The van der Waals surface area contributed by atoms with E-state index in [9.17, 15) is 14.4 Å². The lowest BCUT2D eigenvalue weighted by atomic mass is 10.2. The molecule has 12 heteroatoms. The zero-order valence-electron chi connectivity index (χ0n) is 17.1. The summed E-state index contributed by atoms with van der Waals surface area (Å²) < 4.78 is 16.7. The Morgan fingerprint density at radius 1 is 1.27 bits per heavy atom. The fraction of sp³-hybridized carbons (Fsp3) is 0.611. The number of nitrogens with zero attached hydrogens (tertiary/aromatic N) is 4. The van der Waals surface area contributed by atoms with E-state index in [0.717, 1.165) is 0 Å². The van der Waals surface area contributed by atoms with E-state index in [1.165, 1.54) is 25.0 Å². The quantitative estimate of drug-likeness (QED) is 0.465. The second-order valence-corrected chi connectivity index (χ2v) is 6.72. The van der Waals surface area contributed by atoms with Gasteiger partial charge in [0.25, 0.3) is 6.47 Å². The van der Waals surface area contributed by atoms with E-state index in [-0.39, 0.29) is 35.9 Å².